The fourth-order valence-corrected chi connectivity index (χ4v) is 2.24. The van der Waals surface area contributed by atoms with Crippen molar-refractivity contribution in [1.29, 1.82) is 0 Å². The number of rotatable bonds is 4. The Morgan fingerprint density at radius 2 is 2.11 bits per heavy atom. The Hall–Kier alpha value is -1.94. The lowest BCUT2D eigenvalue weighted by molar-refractivity contribution is 0.611. The van der Waals surface area contributed by atoms with Crippen LogP contribution in [0.5, 0.6) is 0 Å². The van der Waals surface area contributed by atoms with E-state index in [4.69, 9.17) is 5.73 Å². The molecule has 0 radical (unpaired) electrons. The smallest absolute Gasteiger partial charge is 0.0789 e. The number of nitrogen functional groups attached to an aromatic ring is 1. The van der Waals surface area contributed by atoms with Crippen molar-refractivity contribution in [3.63, 3.8) is 0 Å². The third-order valence-electron chi connectivity index (χ3n) is 3.14. The second-order valence-electron chi connectivity index (χ2n) is 4.71. The zero-order valence-corrected chi connectivity index (χ0v) is 11.6. The van der Waals surface area contributed by atoms with Crippen LogP contribution in [0.15, 0.2) is 30.7 Å². The van der Waals surface area contributed by atoms with Gasteiger partial charge in [-0.05, 0) is 37.6 Å². The van der Waals surface area contributed by atoms with Crippen molar-refractivity contribution in [1.82, 2.24) is 15.3 Å². The highest BCUT2D eigenvalue weighted by molar-refractivity contribution is 5.49. The molecular formula is C15H20N4. The zero-order valence-electron chi connectivity index (χ0n) is 11.6. The minimum absolute atomic E-state index is 0.0145. The third kappa shape index (κ3) is 2.90. The van der Waals surface area contributed by atoms with E-state index in [1.807, 2.05) is 25.4 Å². The molecule has 1 unspecified atom stereocenters. The second-order valence-corrected chi connectivity index (χ2v) is 4.71. The Kier molecular flexibility index (Phi) is 4.12. The van der Waals surface area contributed by atoms with Gasteiger partial charge in [0.2, 0.25) is 0 Å². The summed E-state index contributed by atoms with van der Waals surface area (Å²) in [7, 11) is 0. The van der Waals surface area contributed by atoms with Crippen LogP contribution in [0, 0.1) is 13.8 Å². The first-order chi connectivity index (χ1) is 9.13. The quantitative estimate of drug-likeness (QED) is 0.881. The molecule has 2 aromatic rings. The molecule has 0 saturated carbocycles. The van der Waals surface area contributed by atoms with Crippen LogP contribution < -0.4 is 11.1 Å². The van der Waals surface area contributed by atoms with Gasteiger partial charge in [-0.3, -0.25) is 9.97 Å². The zero-order chi connectivity index (χ0) is 13.8. The standard InChI is InChI=1S/C15H20N4/c1-4-18-15(12-9-17-6-5-13(12)16)14-11(3)7-10(2)8-19-14/h5-9,15,18H,4H2,1-3H3,(H2,16,17). The molecule has 0 spiro atoms. The van der Waals surface area contributed by atoms with Gasteiger partial charge in [-0.2, -0.15) is 0 Å². The SMILES string of the molecule is CCNC(c1cnccc1N)c1ncc(C)cc1C. The summed E-state index contributed by atoms with van der Waals surface area (Å²) in [6.45, 7) is 7.04. The molecule has 0 aliphatic heterocycles. The van der Waals surface area contributed by atoms with Crippen LogP contribution in [0.25, 0.3) is 0 Å². The largest absolute Gasteiger partial charge is 0.398 e. The van der Waals surface area contributed by atoms with Gasteiger partial charge in [0.05, 0.1) is 11.7 Å². The Labute approximate surface area is 114 Å². The van der Waals surface area contributed by atoms with Gasteiger partial charge in [-0.15, -0.1) is 0 Å². The normalized spacial score (nSPS) is 12.4. The molecule has 4 nitrogen and oxygen atoms in total. The fraction of sp³-hybridized carbons (Fsp3) is 0.333. The van der Waals surface area contributed by atoms with Crippen LogP contribution in [0.1, 0.15) is 35.3 Å². The van der Waals surface area contributed by atoms with E-state index in [-0.39, 0.29) is 6.04 Å². The number of anilines is 1. The molecule has 0 aromatic carbocycles. The highest BCUT2D eigenvalue weighted by Gasteiger charge is 2.19. The van der Waals surface area contributed by atoms with Crippen LogP contribution in [0.3, 0.4) is 0 Å². The summed E-state index contributed by atoms with van der Waals surface area (Å²) in [6, 6.07) is 3.95. The average molecular weight is 256 g/mol. The Morgan fingerprint density at radius 3 is 2.74 bits per heavy atom. The molecule has 0 saturated heterocycles. The molecule has 3 N–H and O–H groups in total. The van der Waals surface area contributed by atoms with Crippen molar-refractivity contribution in [2.45, 2.75) is 26.8 Å². The Balaban J connectivity index is 2.48. The van der Waals surface area contributed by atoms with Crippen LogP contribution in [-0.2, 0) is 0 Å². The molecule has 0 aliphatic rings. The maximum Gasteiger partial charge on any atom is 0.0789 e. The first-order valence-corrected chi connectivity index (χ1v) is 6.49. The van der Waals surface area contributed by atoms with Crippen LogP contribution in [-0.4, -0.2) is 16.5 Å². The molecule has 0 bridgehead atoms. The molecule has 100 valence electrons. The van der Waals surface area contributed by atoms with Gasteiger partial charge in [0.15, 0.2) is 0 Å². The van der Waals surface area contributed by atoms with E-state index >= 15 is 0 Å². The number of nitrogens with two attached hydrogens (primary N) is 1. The average Bonchev–Trinajstić information content (AvgIpc) is 2.38. The molecule has 2 rings (SSSR count). The molecule has 2 heterocycles. The van der Waals surface area contributed by atoms with Gasteiger partial charge in [0.1, 0.15) is 0 Å². The summed E-state index contributed by atoms with van der Waals surface area (Å²) in [5.74, 6) is 0. The van der Waals surface area contributed by atoms with Gasteiger partial charge in [-0.1, -0.05) is 13.0 Å². The number of nitrogens with one attached hydrogen (secondary N) is 1. The minimum atomic E-state index is -0.0145. The molecule has 0 fully saturated rings. The Bertz CT molecular complexity index is 566. The Morgan fingerprint density at radius 1 is 1.32 bits per heavy atom. The summed E-state index contributed by atoms with van der Waals surface area (Å²) in [5, 5.41) is 3.43. The summed E-state index contributed by atoms with van der Waals surface area (Å²) < 4.78 is 0. The summed E-state index contributed by atoms with van der Waals surface area (Å²) in [6.07, 6.45) is 5.40. The van der Waals surface area contributed by atoms with Crippen molar-refractivity contribution in [3.05, 3.63) is 53.1 Å². The maximum atomic E-state index is 6.06. The van der Waals surface area contributed by atoms with Gasteiger partial charge in [-0.25, -0.2) is 0 Å². The van der Waals surface area contributed by atoms with Crippen molar-refractivity contribution in [3.8, 4) is 0 Å². The van der Waals surface area contributed by atoms with Crippen molar-refractivity contribution in [2.75, 3.05) is 12.3 Å². The summed E-state index contributed by atoms with van der Waals surface area (Å²) in [5.41, 5.74) is 11.1. The van der Waals surface area contributed by atoms with Gasteiger partial charge in [0.25, 0.3) is 0 Å². The number of hydrogen-bond donors (Lipinski definition) is 2. The lowest BCUT2D eigenvalue weighted by Crippen LogP contribution is -2.25. The highest BCUT2D eigenvalue weighted by Crippen LogP contribution is 2.26. The monoisotopic (exact) mass is 256 g/mol. The van der Waals surface area contributed by atoms with Crippen LogP contribution >= 0.6 is 0 Å². The van der Waals surface area contributed by atoms with Crippen molar-refractivity contribution >= 4 is 5.69 Å². The number of hydrogen-bond acceptors (Lipinski definition) is 4. The van der Waals surface area contributed by atoms with Gasteiger partial charge < -0.3 is 11.1 Å². The van der Waals surface area contributed by atoms with Crippen LogP contribution in [0.2, 0.25) is 0 Å². The van der Waals surface area contributed by atoms with Crippen LogP contribution in [0.4, 0.5) is 5.69 Å². The molecule has 2 aromatic heterocycles. The van der Waals surface area contributed by atoms with E-state index in [0.717, 1.165) is 34.6 Å². The lowest BCUT2D eigenvalue weighted by Gasteiger charge is -2.21. The van der Waals surface area contributed by atoms with E-state index in [2.05, 4.69) is 35.2 Å². The predicted molar refractivity (Wildman–Crippen MR) is 77.9 cm³/mol. The van der Waals surface area contributed by atoms with Crippen molar-refractivity contribution < 1.29 is 0 Å². The van der Waals surface area contributed by atoms with Gasteiger partial charge >= 0.3 is 0 Å². The molecule has 0 amide bonds. The first-order valence-electron chi connectivity index (χ1n) is 6.49. The first kappa shape index (κ1) is 13.5. The number of pyridine rings is 2. The molecule has 4 heteroatoms. The summed E-state index contributed by atoms with van der Waals surface area (Å²) in [4.78, 5) is 8.74. The molecule has 1 atom stereocenters. The third-order valence-corrected chi connectivity index (χ3v) is 3.14. The van der Waals surface area contributed by atoms with E-state index in [0.29, 0.717) is 0 Å². The van der Waals surface area contributed by atoms with E-state index in [1.165, 1.54) is 0 Å². The molecular weight excluding hydrogens is 236 g/mol. The van der Waals surface area contributed by atoms with E-state index in [9.17, 15) is 0 Å². The van der Waals surface area contributed by atoms with E-state index < -0.39 is 0 Å². The number of aryl methyl sites for hydroxylation is 2. The predicted octanol–water partition coefficient (Wildman–Crippen LogP) is 2.37. The molecule has 19 heavy (non-hydrogen) atoms. The number of nitrogens with zero attached hydrogens (tertiary/aromatic N) is 2. The molecule has 0 aliphatic carbocycles. The fourth-order valence-electron chi connectivity index (χ4n) is 2.24. The number of aromatic nitrogens is 2. The minimum Gasteiger partial charge on any atom is -0.398 e. The van der Waals surface area contributed by atoms with E-state index in [1.54, 1.807) is 6.20 Å². The van der Waals surface area contributed by atoms with Gasteiger partial charge in [0, 0.05) is 29.8 Å². The summed E-state index contributed by atoms with van der Waals surface area (Å²) >= 11 is 0. The lowest BCUT2D eigenvalue weighted by atomic mass is 9.99. The maximum absolute atomic E-state index is 6.06. The highest BCUT2D eigenvalue weighted by atomic mass is 14.9. The van der Waals surface area contributed by atoms with Crippen molar-refractivity contribution in [2.24, 2.45) is 0 Å². The second kappa shape index (κ2) is 5.80. The topological polar surface area (TPSA) is 63.8 Å².